The van der Waals surface area contributed by atoms with E-state index in [0.717, 1.165) is 22.9 Å². The van der Waals surface area contributed by atoms with Gasteiger partial charge in [-0.15, -0.1) is 0 Å². The summed E-state index contributed by atoms with van der Waals surface area (Å²) in [5, 5.41) is 9.87. The van der Waals surface area contributed by atoms with E-state index >= 15 is 0 Å². The van der Waals surface area contributed by atoms with E-state index in [0.29, 0.717) is 5.92 Å². The molecule has 0 spiro atoms. The lowest BCUT2D eigenvalue weighted by atomic mass is 10.0. The second kappa shape index (κ2) is 5.52. The van der Waals surface area contributed by atoms with Crippen molar-refractivity contribution in [3.63, 3.8) is 0 Å². The summed E-state index contributed by atoms with van der Waals surface area (Å²) >= 11 is 3.40. The van der Waals surface area contributed by atoms with Crippen LogP contribution < -0.4 is 0 Å². The quantitative estimate of drug-likeness (QED) is 0.866. The van der Waals surface area contributed by atoms with Gasteiger partial charge in [0, 0.05) is 4.47 Å². The number of hydrogen-bond acceptors (Lipinski definition) is 1. The van der Waals surface area contributed by atoms with E-state index in [9.17, 15) is 5.11 Å². The van der Waals surface area contributed by atoms with Crippen LogP contribution in [-0.4, -0.2) is 5.11 Å². The van der Waals surface area contributed by atoms with Gasteiger partial charge in [-0.05, 0) is 36.5 Å². The Labute approximate surface area is 94.3 Å². The molecule has 1 aromatic rings. The summed E-state index contributed by atoms with van der Waals surface area (Å²) in [7, 11) is 0. The van der Waals surface area contributed by atoms with E-state index < -0.39 is 0 Å². The molecule has 0 aliphatic rings. The largest absolute Gasteiger partial charge is 0.388 e. The lowest BCUT2D eigenvalue weighted by Crippen LogP contribution is -1.99. The Morgan fingerprint density at radius 1 is 1.29 bits per heavy atom. The van der Waals surface area contributed by atoms with Crippen molar-refractivity contribution in [2.45, 2.75) is 32.8 Å². The zero-order valence-electron chi connectivity index (χ0n) is 8.70. The molecular weight excluding hydrogens is 240 g/mol. The van der Waals surface area contributed by atoms with Gasteiger partial charge in [0.1, 0.15) is 0 Å². The Balaban J connectivity index is 2.56. The molecule has 0 aliphatic heterocycles. The first-order chi connectivity index (χ1) is 6.59. The normalized spacial score (nSPS) is 13.2. The Hall–Kier alpha value is -0.340. The van der Waals surface area contributed by atoms with Crippen LogP contribution in [0.1, 0.15) is 38.4 Å². The van der Waals surface area contributed by atoms with Crippen LogP contribution in [0.15, 0.2) is 28.7 Å². The first kappa shape index (κ1) is 11.7. The molecule has 0 fully saturated rings. The molecular formula is C12H17BrO. The molecule has 1 atom stereocenters. The van der Waals surface area contributed by atoms with Crippen LogP contribution in [0.4, 0.5) is 0 Å². The lowest BCUT2D eigenvalue weighted by molar-refractivity contribution is 0.159. The minimum absolute atomic E-state index is 0.324. The monoisotopic (exact) mass is 256 g/mol. The average Bonchev–Trinajstić information content (AvgIpc) is 2.14. The number of benzene rings is 1. The van der Waals surface area contributed by atoms with E-state index in [1.165, 1.54) is 0 Å². The van der Waals surface area contributed by atoms with Crippen LogP contribution in [0.2, 0.25) is 0 Å². The van der Waals surface area contributed by atoms with Crippen molar-refractivity contribution < 1.29 is 5.11 Å². The maximum atomic E-state index is 9.87. The van der Waals surface area contributed by atoms with E-state index in [-0.39, 0.29) is 6.10 Å². The molecule has 1 nitrogen and oxygen atoms in total. The van der Waals surface area contributed by atoms with Crippen LogP contribution in [-0.2, 0) is 0 Å². The van der Waals surface area contributed by atoms with E-state index in [1.54, 1.807) is 0 Å². The summed E-state index contributed by atoms with van der Waals surface area (Å²) in [6.07, 6.45) is 1.58. The van der Waals surface area contributed by atoms with Crippen molar-refractivity contribution in [3.05, 3.63) is 34.3 Å². The molecule has 14 heavy (non-hydrogen) atoms. The summed E-state index contributed by atoms with van der Waals surface area (Å²) in [5.41, 5.74) is 1.00. The van der Waals surface area contributed by atoms with Crippen molar-refractivity contribution >= 4 is 15.9 Å². The second-order valence-corrected chi connectivity index (χ2v) is 4.96. The van der Waals surface area contributed by atoms with Gasteiger partial charge in [-0.25, -0.2) is 0 Å². The topological polar surface area (TPSA) is 20.2 Å². The predicted molar refractivity (Wildman–Crippen MR) is 63.2 cm³/mol. The molecule has 0 amide bonds. The van der Waals surface area contributed by atoms with Gasteiger partial charge in [-0.2, -0.15) is 0 Å². The summed E-state index contributed by atoms with van der Waals surface area (Å²) in [5.74, 6) is 0.650. The fourth-order valence-electron chi connectivity index (χ4n) is 1.37. The molecule has 0 aliphatic carbocycles. The SMILES string of the molecule is CC(C)CCC(O)c1cccc(Br)c1. The van der Waals surface area contributed by atoms with Gasteiger partial charge in [0.15, 0.2) is 0 Å². The molecule has 1 unspecified atom stereocenters. The third-order valence-corrected chi connectivity index (χ3v) is 2.74. The standard InChI is InChI=1S/C12H17BrO/c1-9(2)6-7-12(14)10-4-3-5-11(13)8-10/h3-5,8-9,12,14H,6-7H2,1-2H3. The highest BCUT2D eigenvalue weighted by Gasteiger charge is 2.08. The van der Waals surface area contributed by atoms with Crippen LogP contribution in [0.5, 0.6) is 0 Å². The average molecular weight is 257 g/mol. The molecule has 0 aromatic heterocycles. The highest BCUT2D eigenvalue weighted by molar-refractivity contribution is 9.10. The molecule has 1 aromatic carbocycles. The molecule has 0 saturated carbocycles. The van der Waals surface area contributed by atoms with Gasteiger partial charge in [-0.1, -0.05) is 41.9 Å². The molecule has 78 valence electrons. The first-order valence-corrected chi connectivity index (χ1v) is 5.82. The van der Waals surface area contributed by atoms with Gasteiger partial charge in [0.05, 0.1) is 6.10 Å². The van der Waals surface area contributed by atoms with Crippen molar-refractivity contribution in [2.75, 3.05) is 0 Å². The third-order valence-electron chi connectivity index (χ3n) is 2.25. The van der Waals surface area contributed by atoms with Gasteiger partial charge in [0.2, 0.25) is 0 Å². The summed E-state index contributed by atoms with van der Waals surface area (Å²) < 4.78 is 1.03. The van der Waals surface area contributed by atoms with Crippen molar-refractivity contribution in [1.82, 2.24) is 0 Å². The Morgan fingerprint density at radius 3 is 2.57 bits per heavy atom. The van der Waals surface area contributed by atoms with E-state index in [1.807, 2.05) is 24.3 Å². The van der Waals surface area contributed by atoms with Crippen molar-refractivity contribution in [2.24, 2.45) is 5.92 Å². The number of rotatable bonds is 4. The maximum absolute atomic E-state index is 9.87. The van der Waals surface area contributed by atoms with E-state index in [4.69, 9.17) is 0 Å². The third kappa shape index (κ3) is 3.81. The summed E-state index contributed by atoms with van der Waals surface area (Å²) in [4.78, 5) is 0. The number of aliphatic hydroxyl groups is 1. The number of hydrogen-bond donors (Lipinski definition) is 1. The highest BCUT2D eigenvalue weighted by atomic mass is 79.9. The van der Waals surface area contributed by atoms with Gasteiger partial charge in [0.25, 0.3) is 0 Å². The van der Waals surface area contributed by atoms with Crippen LogP contribution >= 0.6 is 15.9 Å². The number of halogens is 1. The van der Waals surface area contributed by atoms with Gasteiger partial charge < -0.3 is 5.11 Å². The Kier molecular flexibility index (Phi) is 4.63. The van der Waals surface area contributed by atoms with Crippen LogP contribution in [0.25, 0.3) is 0 Å². The van der Waals surface area contributed by atoms with Gasteiger partial charge >= 0.3 is 0 Å². The highest BCUT2D eigenvalue weighted by Crippen LogP contribution is 2.23. The molecule has 0 radical (unpaired) electrons. The van der Waals surface area contributed by atoms with Crippen molar-refractivity contribution in [3.8, 4) is 0 Å². The molecule has 0 bridgehead atoms. The maximum Gasteiger partial charge on any atom is 0.0790 e. The minimum atomic E-state index is -0.324. The minimum Gasteiger partial charge on any atom is -0.388 e. The predicted octanol–water partition coefficient (Wildman–Crippen LogP) is 3.92. The molecule has 0 saturated heterocycles. The molecule has 0 heterocycles. The molecule has 2 heteroatoms. The molecule has 1 rings (SSSR count). The second-order valence-electron chi connectivity index (χ2n) is 4.04. The first-order valence-electron chi connectivity index (χ1n) is 5.03. The van der Waals surface area contributed by atoms with Crippen LogP contribution in [0, 0.1) is 5.92 Å². The summed E-state index contributed by atoms with van der Waals surface area (Å²) in [6.45, 7) is 4.35. The Bertz CT molecular complexity index is 283. The fraction of sp³-hybridized carbons (Fsp3) is 0.500. The Morgan fingerprint density at radius 2 is 2.00 bits per heavy atom. The zero-order chi connectivity index (χ0) is 10.6. The summed E-state index contributed by atoms with van der Waals surface area (Å²) in [6, 6.07) is 7.87. The van der Waals surface area contributed by atoms with Crippen molar-refractivity contribution in [1.29, 1.82) is 0 Å². The number of aliphatic hydroxyl groups excluding tert-OH is 1. The fourth-order valence-corrected chi connectivity index (χ4v) is 1.79. The van der Waals surface area contributed by atoms with Gasteiger partial charge in [-0.3, -0.25) is 0 Å². The molecule has 1 N–H and O–H groups in total. The van der Waals surface area contributed by atoms with E-state index in [2.05, 4.69) is 29.8 Å². The van der Waals surface area contributed by atoms with Crippen LogP contribution in [0.3, 0.4) is 0 Å². The lowest BCUT2D eigenvalue weighted by Gasteiger charge is -2.12. The zero-order valence-corrected chi connectivity index (χ0v) is 10.3. The smallest absolute Gasteiger partial charge is 0.0790 e.